The highest BCUT2D eigenvalue weighted by atomic mass is 79.9. The Morgan fingerprint density at radius 3 is 2.58 bits per heavy atom. The predicted octanol–water partition coefficient (Wildman–Crippen LogP) is 2.30. The molecule has 0 spiro atoms. The van der Waals surface area contributed by atoms with E-state index in [-0.39, 0.29) is 0 Å². The van der Waals surface area contributed by atoms with Gasteiger partial charge >= 0.3 is 0 Å². The van der Waals surface area contributed by atoms with Gasteiger partial charge in [-0.25, -0.2) is 8.42 Å². The topological polar surface area (TPSA) is 40.6 Å². The van der Waals surface area contributed by atoms with Crippen molar-refractivity contribution in [2.45, 2.75) is 25.3 Å². The monoisotopic (exact) mass is 346 g/mol. The van der Waals surface area contributed by atoms with Crippen LogP contribution in [-0.4, -0.2) is 43.8 Å². The van der Waals surface area contributed by atoms with Crippen LogP contribution in [-0.2, 0) is 16.6 Å². The van der Waals surface area contributed by atoms with Gasteiger partial charge in [-0.2, -0.15) is 4.31 Å². The first-order chi connectivity index (χ1) is 9.00. The SMILES string of the molecule is CCN(CC)CCN1Cc2cccc(Br)c2S1(=O)=O. The minimum absolute atomic E-state index is 0.439. The number of rotatable bonds is 5. The van der Waals surface area contributed by atoms with Crippen molar-refractivity contribution in [3.05, 3.63) is 28.2 Å². The summed E-state index contributed by atoms with van der Waals surface area (Å²) >= 11 is 3.34. The molecule has 0 atom stereocenters. The van der Waals surface area contributed by atoms with E-state index < -0.39 is 10.0 Å². The molecule has 0 aliphatic carbocycles. The van der Waals surface area contributed by atoms with Crippen LogP contribution in [0.15, 0.2) is 27.6 Å². The second-order valence-corrected chi connectivity index (χ2v) is 7.32. The minimum atomic E-state index is -3.33. The van der Waals surface area contributed by atoms with Crippen molar-refractivity contribution in [1.29, 1.82) is 0 Å². The molecule has 1 aromatic carbocycles. The molecule has 0 N–H and O–H groups in total. The Balaban J connectivity index is 2.18. The molecule has 1 heterocycles. The van der Waals surface area contributed by atoms with Crippen molar-refractivity contribution in [1.82, 2.24) is 9.21 Å². The van der Waals surface area contributed by atoms with Crippen LogP contribution >= 0.6 is 15.9 Å². The molecule has 0 saturated heterocycles. The van der Waals surface area contributed by atoms with Crippen LogP contribution in [0, 0.1) is 0 Å². The summed E-state index contributed by atoms with van der Waals surface area (Å²) in [6.07, 6.45) is 0. The third kappa shape index (κ3) is 2.86. The van der Waals surface area contributed by atoms with Crippen LogP contribution in [0.5, 0.6) is 0 Å². The average Bonchev–Trinajstić information content (AvgIpc) is 2.63. The lowest BCUT2D eigenvalue weighted by molar-refractivity contribution is 0.272. The van der Waals surface area contributed by atoms with E-state index in [9.17, 15) is 8.42 Å². The summed E-state index contributed by atoms with van der Waals surface area (Å²) in [5.74, 6) is 0. The van der Waals surface area contributed by atoms with Crippen molar-refractivity contribution >= 4 is 26.0 Å². The van der Waals surface area contributed by atoms with E-state index in [1.54, 1.807) is 10.4 Å². The van der Waals surface area contributed by atoms with Gasteiger partial charge in [0.05, 0.1) is 0 Å². The fourth-order valence-corrected chi connectivity index (χ4v) is 5.05. The second-order valence-electron chi connectivity index (χ2n) is 4.59. The molecule has 1 aliphatic rings. The van der Waals surface area contributed by atoms with Gasteiger partial charge in [0.2, 0.25) is 10.0 Å². The Labute approximate surface area is 123 Å². The molecule has 0 fully saturated rings. The largest absolute Gasteiger partial charge is 0.303 e. The van der Waals surface area contributed by atoms with Crippen LogP contribution in [0.1, 0.15) is 19.4 Å². The van der Waals surface area contributed by atoms with Crippen LogP contribution < -0.4 is 0 Å². The van der Waals surface area contributed by atoms with Gasteiger partial charge in [-0.05, 0) is 40.6 Å². The lowest BCUT2D eigenvalue weighted by Gasteiger charge is -2.21. The summed E-state index contributed by atoms with van der Waals surface area (Å²) in [6, 6.07) is 5.55. The molecule has 4 nitrogen and oxygen atoms in total. The fraction of sp³-hybridized carbons (Fsp3) is 0.538. The third-order valence-corrected chi connectivity index (χ3v) is 6.47. The molecule has 106 valence electrons. The number of likely N-dealkylation sites (N-methyl/N-ethyl adjacent to an activating group) is 1. The van der Waals surface area contributed by atoms with Crippen LogP contribution in [0.3, 0.4) is 0 Å². The maximum absolute atomic E-state index is 12.5. The number of sulfonamides is 1. The predicted molar refractivity (Wildman–Crippen MR) is 79.5 cm³/mol. The summed E-state index contributed by atoms with van der Waals surface area (Å²) in [4.78, 5) is 2.67. The van der Waals surface area contributed by atoms with E-state index >= 15 is 0 Å². The molecule has 2 rings (SSSR count). The van der Waals surface area contributed by atoms with Crippen LogP contribution in [0.4, 0.5) is 0 Å². The molecule has 0 saturated carbocycles. The van der Waals surface area contributed by atoms with Gasteiger partial charge in [0.15, 0.2) is 0 Å². The molecular weight excluding hydrogens is 328 g/mol. The number of hydrogen-bond donors (Lipinski definition) is 0. The molecule has 0 bridgehead atoms. The number of fused-ring (bicyclic) bond motifs is 1. The van der Waals surface area contributed by atoms with Gasteiger partial charge in [0.25, 0.3) is 0 Å². The molecule has 0 radical (unpaired) electrons. The Bertz CT molecular complexity index is 556. The Morgan fingerprint density at radius 2 is 2.00 bits per heavy atom. The summed E-state index contributed by atoms with van der Waals surface area (Å²) in [7, 11) is -3.33. The van der Waals surface area contributed by atoms with E-state index in [0.717, 1.165) is 25.2 Å². The van der Waals surface area contributed by atoms with Gasteiger partial charge in [-0.1, -0.05) is 26.0 Å². The average molecular weight is 347 g/mol. The maximum atomic E-state index is 12.5. The van der Waals surface area contributed by atoms with Crippen molar-refractivity contribution in [2.24, 2.45) is 0 Å². The first kappa shape index (κ1) is 15.0. The Kier molecular flexibility index (Phi) is 4.66. The van der Waals surface area contributed by atoms with Gasteiger partial charge in [0.1, 0.15) is 4.90 Å². The molecule has 1 aromatic rings. The first-order valence-corrected chi connectivity index (χ1v) is 8.73. The Morgan fingerprint density at radius 1 is 1.32 bits per heavy atom. The molecular formula is C13H19BrN2O2S. The lowest BCUT2D eigenvalue weighted by atomic mass is 10.2. The number of halogens is 1. The molecule has 0 amide bonds. The van der Waals surface area contributed by atoms with E-state index in [1.807, 2.05) is 12.1 Å². The van der Waals surface area contributed by atoms with Crippen LogP contribution in [0.25, 0.3) is 0 Å². The van der Waals surface area contributed by atoms with E-state index in [1.165, 1.54) is 0 Å². The number of hydrogen-bond acceptors (Lipinski definition) is 3. The molecule has 0 unspecified atom stereocenters. The maximum Gasteiger partial charge on any atom is 0.244 e. The highest BCUT2D eigenvalue weighted by molar-refractivity contribution is 9.10. The summed E-state index contributed by atoms with van der Waals surface area (Å²) in [6.45, 7) is 7.88. The zero-order chi connectivity index (χ0) is 14.0. The van der Waals surface area contributed by atoms with Crippen molar-refractivity contribution in [3.63, 3.8) is 0 Å². The fourth-order valence-electron chi connectivity index (χ4n) is 2.36. The standard InChI is InChI=1S/C13H19BrN2O2S/c1-3-15(4-2)8-9-16-10-11-6-5-7-12(14)13(11)19(16,17)18/h5-7H,3-4,8-10H2,1-2H3. The summed E-state index contributed by atoms with van der Waals surface area (Å²) in [5, 5.41) is 0. The first-order valence-electron chi connectivity index (χ1n) is 6.50. The van der Waals surface area contributed by atoms with E-state index in [4.69, 9.17) is 0 Å². The van der Waals surface area contributed by atoms with Crippen molar-refractivity contribution in [2.75, 3.05) is 26.2 Å². The summed E-state index contributed by atoms with van der Waals surface area (Å²) in [5.41, 5.74) is 0.883. The molecule has 1 aliphatic heterocycles. The Hall–Kier alpha value is -0.430. The smallest absolute Gasteiger partial charge is 0.244 e. The second kappa shape index (κ2) is 5.91. The zero-order valence-electron chi connectivity index (χ0n) is 11.3. The van der Waals surface area contributed by atoms with Gasteiger partial charge in [-0.15, -0.1) is 0 Å². The summed E-state index contributed by atoms with van der Waals surface area (Å²) < 4.78 is 27.2. The number of benzene rings is 1. The van der Waals surface area contributed by atoms with Crippen molar-refractivity contribution in [3.8, 4) is 0 Å². The van der Waals surface area contributed by atoms with Crippen LogP contribution in [0.2, 0.25) is 0 Å². The minimum Gasteiger partial charge on any atom is -0.303 e. The highest BCUT2D eigenvalue weighted by Crippen LogP contribution is 2.35. The van der Waals surface area contributed by atoms with E-state index in [2.05, 4.69) is 34.7 Å². The van der Waals surface area contributed by atoms with Gasteiger partial charge in [-0.3, -0.25) is 0 Å². The third-order valence-electron chi connectivity index (χ3n) is 3.55. The number of nitrogens with zero attached hydrogens (tertiary/aromatic N) is 2. The van der Waals surface area contributed by atoms with Gasteiger partial charge < -0.3 is 4.90 Å². The normalized spacial score (nSPS) is 17.9. The van der Waals surface area contributed by atoms with Crippen molar-refractivity contribution < 1.29 is 8.42 Å². The zero-order valence-corrected chi connectivity index (χ0v) is 13.7. The quantitative estimate of drug-likeness (QED) is 0.821. The molecule has 0 aromatic heterocycles. The van der Waals surface area contributed by atoms with Gasteiger partial charge in [0, 0.05) is 24.1 Å². The molecule has 19 heavy (non-hydrogen) atoms. The van der Waals surface area contributed by atoms with E-state index in [0.29, 0.717) is 22.5 Å². The lowest BCUT2D eigenvalue weighted by Crippen LogP contribution is -2.35. The molecule has 6 heteroatoms. The highest BCUT2D eigenvalue weighted by Gasteiger charge is 2.35.